The lowest BCUT2D eigenvalue weighted by molar-refractivity contribution is -0.184. The largest absolute Gasteiger partial charge is 0.408 e. The van der Waals surface area contributed by atoms with Gasteiger partial charge in [0.05, 0.1) is 0 Å². The number of rotatable bonds is 2. The second kappa shape index (κ2) is 6.78. The molecule has 24 heavy (non-hydrogen) atoms. The molecule has 1 aliphatic rings. The van der Waals surface area contributed by atoms with Crippen LogP contribution in [0.2, 0.25) is 0 Å². The molecule has 1 saturated heterocycles. The Kier molecular flexibility index (Phi) is 5.15. The number of carbonyl (C=O) groups is 2. The zero-order chi connectivity index (χ0) is 18.1. The van der Waals surface area contributed by atoms with Gasteiger partial charge in [-0.25, -0.2) is 4.39 Å². The molecular formula is C16H18F4N2O2. The number of halogens is 4. The first-order chi connectivity index (χ1) is 11.1. The van der Waals surface area contributed by atoms with Crippen LogP contribution < -0.4 is 5.32 Å². The molecule has 2 atom stereocenters. The van der Waals surface area contributed by atoms with Gasteiger partial charge in [-0.15, -0.1) is 0 Å². The molecule has 0 spiro atoms. The van der Waals surface area contributed by atoms with E-state index in [2.05, 4.69) is 5.32 Å². The maximum Gasteiger partial charge on any atom is 0.408 e. The number of alkyl halides is 3. The molecule has 8 heteroatoms. The summed E-state index contributed by atoms with van der Waals surface area (Å²) in [6.45, 7) is 2.53. The molecule has 2 rings (SSSR count). The van der Waals surface area contributed by atoms with Gasteiger partial charge in [-0.2, -0.15) is 13.2 Å². The van der Waals surface area contributed by atoms with Crippen molar-refractivity contribution in [2.75, 3.05) is 6.54 Å². The smallest absolute Gasteiger partial charge is 0.352 e. The van der Waals surface area contributed by atoms with Gasteiger partial charge < -0.3 is 10.2 Å². The van der Waals surface area contributed by atoms with E-state index in [9.17, 15) is 27.2 Å². The lowest BCUT2D eigenvalue weighted by Crippen LogP contribution is -2.58. The van der Waals surface area contributed by atoms with Crippen LogP contribution in [0.3, 0.4) is 0 Å². The molecule has 0 saturated carbocycles. The Hall–Kier alpha value is -2.12. The third-order valence-electron chi connectivity index (χ3n) is 4.06. The molecular weight excluding hydrogens is 328 g/mol. The van der Waals surface area contributed by atoms with Gasteiger partial charge in [-0.3, -0.25) is 9.59 Å². The molecule has 1 aromatic carbocycles. The normalized spacial score (nSPS) is 21.5. The maximum atomic E-state index is 13.4. The van der Waals surface area contributed by atoms with Crippen LogP contribution in [0.25, 0.3) is 0 Å². The predicted molar refractivity (Wildman–Crippen MR) is 78.9 cm³/mol. The van der Waals surface area contributed by atoms with E-state index in [1.807, 2.05) is 0 Å². The number of amides is 2. The standard InChI is InChI=1S/C16H18F4N2O2/c1-9-3-4-11(17)7-13(9)15(24)22-8-12(21-10(2)23)5-6-14(22)16(18,19)20/h3-4,7,12,14H,5-6,8H2,1-2H3,(H,21,23)/t12-,14+/m0/s1. The second-order valence-electron chi connectivity index (χ2n) is 5.95. The number of nitrogens with zero attached hydrogens (tertiary/aromatic N) is 1. The van der Waals surface area contributed by atoms with Crippen LogP contribution in [0.1, 0.15) is 35.7 Å². The van der Waals surface area contributed by atoms with Crippen molar-refractivity contribution in [1.82, 2.24) is 10.2 Å². The minimum atomic E-state index is -4.59. The first-order valence-corrected chi connectivity index (χ1v) is 7.50. The molecule has 1 aromatic rings. The summed E-state index contributed by atoms with van der Waals surface area (Å²) in [5.41, 5.74) is 0.289. The van der Waals surface area contributed by atoms with Crippen molar-refractivity contribution in [1.29, 1.82) is 0 Å². The maximum absolute atomic E-state index is 13.4. The Balaban J connectivity index is 2.33. The number of hydrogen-bond donors (Lipinski definition) is 1. The fraction of sp³-hybridized carbons (Fsp3) is 0.500. The van der Waals surface area contributed by atoms with E-state index < -0.39 is 30.0 Å². The molecule has 4 nitrogen and oxygen atoms in total. The van der Waals surface area contributed by atoms with E-state index in [0.29, 0.717) is 10.5 Å². The summed E-state index contributed by atoms with van der Waals surface area (Å²) in [7, 11) is 0. The number of likely N-dealkylation sites (tertiary alicyclic amines) is 1. The SMILES string of the molecule is CC(=O)N[C@H]1CC[C@H](C(F)(F)F)N(C(=O)c2cc(F)ccc2C)C1. The summed E-state index contributed by atoms with van der Waals surface area (Å²) in [5.74, 6) is -1.95. The van der Waals surface area contributed by atoms with Gasteiger partial charge in [0, 0.05) is 25.1 Å². The Labute approximate surface area is 136 Å². The third kappa shape index (κ3) is 4.04. The number of nitrogens with one attached hydrogen (secondary N) is 1. The number of piperidine rings is 1. The summed E-state index contributed by atoms with van der Waals surface area (Å²) in [6.07, 6.45) is -4.78. The molecule has 0 bridgehead atoms. The molecule has 0 radical (unpaired) electrons. The van der Waals surface area contributed by atoms with Gasteiger partial charge >= 0.3 is 6.18 Å². The predicted octanol–water partition coefficient (Wildman–Crippen LogP) is 2.81. The first kappa shape index (κ1) is 18.2. The van der Waals surface area contributed by atoms with Crippen molar-refractivity contribution in [2.24, 2.45) is 0 Å². The van der Waals surface area contributed by atoms with Crippen LogP contribution in [0.4, 0.5) is 17.6 Å². The quantitative estimate of drug-likeness (QED) is 0.837. The summed E-state index contributed by atoms with van der Waals surface area (Å²) in [5, 5.41) is 2.54. The van der Waals surface area contributed by atoms with Crippen molar-refractivity contribution >= 4 is 11.8 Å². The van der Waals surface area contributed by atoms with Crippen LogP contribution in [-0.2, 0) is 4.79 Å². The molecule has 1 N–H and O–H groups in total. The van der Waals surface area contributed by atoms with Crippen LogP contribution in [0.5, 0.6) is 0 Å². The lowest BCUT2D eigenvalue weighted by Gasteiger charge is -2.40. The van der Waals surface area contributed by atoms with E-state index in [-0.39, 0.29) is 30.9 Å². The molecule has 132 valence electrons. The van der Waals surface area contributed by atoms with Crippen LogP contribution in [0.15, 0.2) is 18.2 Å². The topological polar surface area (TPSA) is 49.4 Å². The van der Waals surface area contributed by atoms with Gasteiger partial charge in [-0.1, -0.05) is 6.07 Å². The van der Waals surface area contributed by atoms with E-state index in [0.717, 1.165) is 12.1 Å². The van der Waals surface area contributed by atoms with Gasteiger partial charge in [0.15, 0.2) is 0 Å². The molecule has 1 aliphatic heterocycles. The van der Waals surface area contributed by atoms with Crippen molar-refractivity contribution < 1.29 is 27.2 Å². The second-order valence-corrected chi connectivity index (χ2v) is 5.95. The van der Waals surface area contributed by atoms with Gasteiger partial charge in [0.25, 0.3) is 5.91 Å². The monoisotopic (exact) mass is 346 g/mol. The fourth-order valence-electron chi connectivity index (χ4n) is 2.92. The zero-order valence-electron chi connectivity index (χ0n) is 13.3. The van der Waals surface area contributed by atoms with Crippen LogP contribution in [0, 0.1) is 12.7 Å². The highest BCUT2D eigenvalue weighted by Gasteiger charge is 2.48. The van der Waals surface area contributed by atoms with Crippen molar-refractivity contribution in [2.45, 2.75) is 44.9 Å². The van der Waals surface area contributed by atoms with E-state index in [1.54, 1.807) is 0 Å². The highest BCUT2D eigenvalue weighted by molar-refractivity contribution is 5.96. The number of aryl methyl sites for hydroxylation is 1. The summed E-state index contributed by atoms with van der Waals surface area (Å²) >= 11 is 0. The van der Waals surface area contributed by atoms with Crippen LogP contribution >= 0.6 is 0 Å². The number of hydrogen-bond acceptors (Lipinski definition) is 2. The number of benzene rings is 1. The van der Waals surface area contributed by atoms with Crippen molar-refractivity contribution in [3.63, 3.8) is 0 Å². The molecule has 0 aliphatic carbocycles. The zero-order valence-corrected chi connectivity index (χ0v) is 13.3. The minimum absolute atomic E-state index is 0.104. The highest BCUT2D eigenvalue weighted by atomic mass is 19.4. The molecule has 2 amide bonds. The molecule has 0 aromatic heterocycles. The molecule has 1 fully saturated rings. The molecule has 0 unspecified atom stereocenters. The van der Waals surface area contributed by atoms with Gasteiger partial charge in [0.1, 0.15) is 11.9 Å². The fourth-order valence-corrected chi connectivity index (χ4v) is 2.92. The highest BCUT2D eigenvalue weighted by Crippen LogP contribution is 2.33. The Morgan fingerprint density at radius 3 is 2.50 bits per heavy atom. The average Bonchev–Trinajstić information content (AvgIpc) is 2.47. The van der Waals surface area contributed by atoms with E-state index in [4.69, 9.17) is 0 Å². The third-order valence-corrected chi connectivity index (χ3v) is 4.06. The number of carbonyl (C=O) groups excluding carboxylic acids is 2. The van der Waals surface area contributed by atoms with Crippen LogP contribution in [-0.4, -0.2) is 41.5 Å². The Morgan fingerprint density at radius 2 is 1.92 bits per heavy atom. The lowest BCUT2D eigenvalue weighted by atomic mass is 9.95. The van der Waals surface area contributed by atoms with E-state index in [1.165, 1.54) is 19.9 Å². The van der Waals surface area contributed by atoms with E-state index >= 15 is 0 Å². The Bertz CT molecular complexity index is 645. The van der Waals surface area contributed by atoms with Gasteiger partial charge in [0.2, 0.25) is 5.91 Å². The first-order valence-electron chi connectivity index (χ1n) is 7.50. The van der Waals surface area contributed by atoms with Crippen molar-refractivity contribution in [3.8, 4) is 0 Å². The summed E-state index contributed by atoms with van der Waals surface area (Å²) in [4.78, 5) is 24.4. The van der Waals surface area contributed by atoms with Crippen molar-refractivity contribution in [3.05, 3.63) is 35.1 Å². The summed E-state index contributed by atoms with van der Waals surface area (Å²) < 4.78 is 53.2. The minimum Gasteiger partial charge on any atom is -0.352 e. The average molecular weight is 346 g/mol. The Morgan fingerprint density at radius 1 is 1.25 bits per heavy atom. The van der Waals surface area contributed by atoms with Gasteiger partial charge in [-0.05, 0) is 37.5 Å². The molecule has 1 heterocycles. The summed E-state index contributed by atoms with van der Waals surface area (Å²) in [6, 6.07) is 0.925.